The van der Waals surface area contributed by atoms with Crippen LogP contribution >= 0.6 is 0 Å². The molecule has 6 heteroatoms. The molecule has 0 aliphatic heterocycles. The highest BCUT2D eigenvalue weighted by atomic mass is 19.1. The number of rotatable bonds is 5. The minimum Gasteiger partial charge on any atom is -0.441 e. The molecular weight excluding hydrogens is 275 g/mol. The van der Waals surface area contributed by atoms with Gasteiger partial charge in [0.25, 0.3) is 0 Å². The lowest BCUT2D eigenvalue weighted by Crippen LogP contribution is -2.36. The van der Waals surface area contributed by atoms with E-state index >= 15 is 0 Å². The maximum absolute atomic E-state index is 13.7. The number of hydrogen-bond donors (Lipinski definition) is 2. The van der Waals surface area contributed by atoms with Gasteiger partial charge in [0.05, 0.1) is 24.3 Å². The van der Waals surface area contributed by atoms with Crippen molar-refractivity contribution in [3.63, 3.8) is 0 Å². The van der Waals surface area contributed by atoms with Crippen molar-refractivity contribution in [2.75, 3.05) is 6.61 Å². The molecule has 0 saturated carbocycles. The molecule has 2 N–H and O–H groups in total. The number of aliphatic hydroxyl groups excluding tert-OH is 1. The van der Waals surface area contributed by atoms with Crippen LogP contribution in [0.3, 0.4) is 0 Å². The molecule has 1 aromatic heterocycles. The first-order valence-electron chi connectivity index (χ1n) is 6.62. The smallest absolute Gasteiger partial charge is 0.229 e. The van der Waals surface area contributed by atoms with Crippen LogP contribution in [0, 0.1) is 12.7 Å². The van der Waals surface area contributed by atoms with Crippen molar-refractivity contribution in [1.82, 2.24) is 10.3 Å². The molecule has 5 nitrogen and oxygen atoms in total. The van der Waals surface area contributed by atoms with Crippen LogP contribution in [-0.4, -0.2) is 28.6 Å². The Kier molecular flexibility index (Phi) is 4.70. The van der Waals surface area contributed by atoms with Gasteiger partial charge < -0.3 is 14.8 Å². The first-order chi connectivity index (χ1) is 10.0. The summed E-state index contributed by atoms with van der Waals surface area (Å²) in [7, 11) is 0. The standard InChI is InChI=1S/C15H17FN2O3/c1-9(8-19)17-14(20)7-13-10(2)21-15(18-13)11-5-3-4-6-12(11)16/h3-6,9,19H,7-8H2,1-2H3,(H,17,20). The van der Waals surface area contributed by atoms with Crippen molar-refractivity contribution in [2.24, 2.45) is 0 Å². The summed E-state index contributed by atoms with van der Waals surface area (Å²) in [5.74, 6) is -0.0691. The largest absolute Gasteiger partial charge is 0.441 e. The minimum absolute atomic E-state index is 0.0220. The zero-order valence-electron chi connectivity index (χ0n) is 11.9. The summed E-state index contributed by atoms with van der Waals surface area (Å²) in [5.41, 5.74) is 0.715. The number of hydrogen-bond acceptors (Lipinski definition) is 4. The SMILES string of the molecule is Cc1oc(-c2ccccc2F)nc1CC(=O)NC(C)CO. The quantitative estimate of drug-likeness (QED) is 0.881. The Labute approximate surface area is 121 Å². The predicted octanol–water partition coefficient (Wildman–Crippen LogP) is 1.83. The number of benzene rings is 1. The normalized spacial score (nSPS) is 12.2. The maximum Gasteiger partial charge on any atom is 0.229 e. The number of carbonyl (C=O) groups is 1. The number of nitrogens with one attached hydrogen (secondary N) is 1. The van der Waals surface area contributed by atoms with Crippen LogP contribution in [0.5, 0.6) is 0 Å². The Hall–Kier alpha value is -2.21. The molecule has 112 valence electrons. The number of oxazole rings is 1. The third kappa shape index (κ3) is 3.66. The zero-order chi connectivity index (χ0) is 15.4. The molecule has 21 heavy (non-hydrogen) atoms. The van der Waals surface area contributed by atoms with E-state index in [4.69, 9.17) is 9.52 Å². The third-order valence-corrected chi connectivity index (χ3v) is 3.01. The van der Waals surface area contributed by atoms with Crippen molar-refractivity contribution in [3.8, 4) is 11.5 Å². The van der Waals surface area contributed by atoms with Gasteiger partial charge in [-0.05, 0) is 26.0 Å². The van der Waals surface area contributed by atoms with Gasteiger partial charge in [-0.1, -0.05) is 12.1 Å². The van der Waals surface area contributed by atoms with E-state index in [0.29, 0.717) is 11.5 Å². The number of carbonyl (C=O) groups excluding carboxylic acids is 1. The number of nitrogens with zero attached hydrogens (tertiary/aromatic N) is 1. The molecule has 1 amide bonds. The highest BCUT2D eigenvalue weighted by molar-refractivity contribution is 5.78. The van der Waals surface area contributed by atoms with Crippen molar-refractivity contribution in [3.05, 3.63) is 41.5 Å². The molecule has 0 aliphatic rings. The third-order valence-electron chi connectivity index (χ3n) is 3.01. The zero-order valence-corrected chi connectivity index (χ0v) is 11.9. The van der Waals surface area contributed by atoms with Crippen molar-refractivity contribution in [1.29, 1.82) is 0 Å². The van der Waals surface area contributed by atoms with Gasteiger partial charge in [-0.25, -0.2) is 9.37 Å². The van der Waals surface area contributed by atoms with Crippen LogP contribution in [0.4, 0.5) is 4.39 Å². The van der Waals surface area contributed by atoms with E-state index in [0.717, 1.165) is 0 Å². The molecule has 1 heterocycles. The first kappa shape index (κ1) is 15.2. The molecule has 1 atom stereocenters. The highest BCUT2D eigenvalue weighted by Gasteiger charge is 2.17. The van der Waals surface area contributed by atoms with Gasteiger partial charge in [-0.3, -0.25) is 4.79 Å². The Morgan fingerprint density at radius 2 is 2.19 bits per heavy atom. The van der Waals surface area contributed by atoms with E-state index < -0.39 is 5.82 Å². The molecule has 2 rings (SSSR count). The minimum atomic E-state index is -0.427. The molecule has 2 aromatic rings. The van der Waals surface area contributed by atoms with Crippen LogP contribution in [-0.2, 0) is 11.2 Å². The Balaban J connectivity index is 2.17. The Morgan fingerprint density at radius 3 is 2.86 bits per heavy atom. The Bertz CT molecular complexity index is 640. The van der Waals surface area contributed by atoms with Crippen LogP contribution in [0.1, 0.15) is 18.4 Å². The maximum atomic E-state index is 13.7. The lowest BCUT2D eigenvalue weighted by molar-refractivity contribution is -0.121. The summed E-state index contributed by atoms with van der Waals surface area (Å²) in [4.78, 5) is 16.0. The van der Waals surface area contributed by atoms with E-state index in [-0.39, 0.29) is 36.4 Å². The van der Waals surface area contributed by atoms with Gasteiger partial charge in [0.2, 0.25) is 11.8 Å². The van der Waals surface area contributed by atoms with E-state index in [1.807, 2.05) is 0 Å². The molecule has 0 bridgehead atoms. The second-order valence-corrected chi connectivity index (χ2v) is 4.83. The van der Waals surface area contributed by atoms with Gasteiger partial charge in [0.15, 0.2) is 0 Å². The van der Waals surface area contributed by atoms with Crippen LogP contribution in [0.2, 0.25) is 0 Å². The summed E-state index contributed by atoms with van der Waals surface area (Å²) >= 11 is 0. The van der Waals surface area contributed by atoms with Gasteiger partial charge >= 0.3 is 0 Å². The number of aliphatic hydroxyl groups is 1. The average Bonchev–Trinajstić information content (AvgIpc) is 2.80. The fourth-order valence-electron chi connectivity index (χ4n) is 1.87. The predicted molar refractivity (Wildman–Crippen MR) is 75.0 cm³/mol. The monoisotopic (exact) mass is 292 g/mol. The lowest BCUT2D eigenvalue weighted by Gasteiger charge is -2.09. The van der Waals surface area contributed by atoms with Crippen molar-refractivity contribution >= 4 is 5.91 Å². The number of aryl methyl sites for hydroxylation is 1. The highest BCUT2D eigenvalue weighted by Crippen LogP contribution is 2.24. The molecule has 0 saturated heterocycles. The fourth-order valence-corrected chi connectivity index (χ4v) is 1.87. The van der Waals surface area contributed by atoms with Crippen LogP contribution < -0.4 is 5.32 Å². The van der Waals surface area contributed by atoms with Gasteiger partial charge in [0.1, 0.15) is 11.6 Å². The molecule has 1 unspecified atom stereocenters. The van der Waals surface area contributed by atoms with Gasteiger partial charge in [0, 0.05) is 6.04 Å². The molecule has 0 radical (unpaired) electrons. The van der Waals surface area contributed by atoms with Crippen molar-refractivity contribution in [2.45, 2.75) is 26.3 Å². The Morgan fingerprint density at radius 1 is 1.48 bits per heavy atom. The molecular formula is C15H17FN2O3. The van der Waals surface area contributed by atoms with Gasteiger partial charge in [-0.15, -0.1) is 0 Å². The summed E-state index contributed by atoms with van der Waals surface area (Å²) in [6, 6.07) is 5.84. The summed E-state index contributed by atoms with van der Waals surface area (Å²) < 4.78 is 19.1. The van der Waals surface area contributed by atoms with Crippen molar-refractivity contribution < 1.29 is 18.7 Å². The van der Waals surface area contributed by atoms with E-state index in [9.17, 15) is 9.18 Å². The molecule has 0 aliphatic carbocycles. The first-order valence-corrected chi connectivity index (χ1v) is 6.62. The molecule has 1 aromatic carbocycles. The van der Waals surface area contributed by atoms with E-state index in [2.05, 4.69) is 10.3 Å². The number of halogens is 1. The lowest BCUT2D eigenvalue weighted by atomic mass is 10.2. The van der Waals surface area contributed by atoms with Crippen LogP contribution in [0.15, 0.2) is 28.7 Å². The number of aromatic nitrogens is 1. The second-order valence-electron chi connectivity index (χ2n) is 4.83. The van der Waals surface area contributed by atoms with E-state index in [1.165, 1.54) is 6.07 Å². The summed E-state index contributed by atoms with van der Waals surface area (Å²) in [6.07, 6.45) is 0.0220. The summed E-state index contributed by atoms with van der Waals surface area (Å²) in [6.45, 7) is 3.23. The molecule has 0 fully saturated rings. The average molecular weight is 292 g/mol. The summed E-state index contributed by atoms with van der Waals surface area (Å²) in [5, 5.41) is 11.5. The topological polar surface area (TPSA) is 75.4 Å². The molecule has 0 spiro atoms. The second kappa shape index (κ2) is 6.49. The van der Waals surface area contributed by atoms with Crippen LogP contribution in [0.25, 0.3) is 11.5 Å². The van der Waals surface area contributed by atoms with Gasteiger partial charge in [-0.2, -0.15) is 0 Å². The fraction of sp³-hybridized carbons (Fsp3) is 0.333. The van der Waals surface area contributed by atoms with E-state index in [1.54, 1.807) is 32.0 Å². The number of amides is 1.